The molecule has 2 aromatic rings. The minimum atomic E-state index is -2.80. The van der Waals surface area contributed by atoms with E-state index >= 15 is 0 Å². The van der Waals surface area contributed by atoms with Gasteiger partial charge in [-0.3, -0.25) is 0 Å². The molecule has 0 bridgehead atoms. The van der Waals surface area contributed by atoms with Crippen molar-refractivity contribution in [3.05, 3.63) is 52.3 Å². The van der Waals surface area contributed by atoms with Crippen LogP contribution in [0.25, 0.3) is 0 Å². The number of aromatic nitrogens is 1. The number of anilines is 1. The number of nitrogens with one attached hydrogen (secondary N) is 1. The van der Waals surface area contributed by atoms with Gasteiger partial charge in [0.1, 0.15) is 10.9 Å². The first-order valence-electron chi connectivity index (χ1n) is 8.31. The van der Waals surface area contributed by atoms with E-state index in [1.165, 1.54) is 6.07 Å². The zero-order valence-electron chi connectivity index (χ0n) is 15.2. The van der Waals surface area contributed by atoms with E-state index in [1.54, 1.807) is 24.4 Å². The summed E-state index contributed by atoms with van der Waals surface area (Å²) in [6.07, 6.45) is 3.97. The summed E-state index contributed by atoms with van der Waals surface area (Å²) in [7, 11) is 0. The average molecular weight is 384 g/mol. The van der Waals surface area contributed by atoms with E-state index in [-0.39, 0.29) is 5.75 Å². The summed E-state index contributed by atoms with van der Waals surface area (Å²) in [6.45, 7) is 3.07. The van der Waals surface area contributed by atoms with Gasteiger partial charge in [-0.2, -0.15) is 8.78 Å². The van der Waals surface area contributed by atoms with Gasteiger partial charge >= 0.3 is 6.61 Å². The minimum absolute atomic E-state index is 0.182. The van der Waals surface area contributed by atoms with Crippen molar-refractivity contribution in [2.24, 2.45) is 0 Å². The molecule has 4 nitrogen and oxygen atoms in total. The molecule has 0 amide bonds. The molecule has 0 aliphatic rings. The van der Waals surface area contributed by atoms with Crippen LogP contribution in [0.2, 0.25) is 5.15 Å². The molecule has 0 aliphatic carbocycles. The zero-order valence-corrected chi connectivity index (χ0v) is 15.9. The maximum Gasteiger partial charge on any atom is 0.387 e. The van der Waals surface area contributed by atoms with Gasteiger partial charge in [0, 0.05) is 29.2 Å². The Labute approximate surface area is 157 Å². The Morgan fingerprint density at radius 3 is 2.54 bits per heavy atom. The molecule has 0 fully saturated rings. The molecule has 0 radical (unpaired) electrons. The summed E-state index contributed by atoms with van der Waals surface area (Å²) in [4.78, 5) is 3.93. The van der Waals surface area contributed by atoms with Gasteiger partial charge in [-0.25, -0.2) is 4.98 Å². The highest BCUT2D eigenvalue weighted by Gasteiger charge is 2.09. The van der Waals surface area contributed by atoms with Crippen LogP contribution in [0.15, 0.2) is 30.5 Å². The highest BCUT2D eigenvalue weighted by atomic mass is 35.5. The van der Waals surface area contributed by atoms with Crippen molar-refractivity contribution < 1.29 is 13.5 Å². The summed E-state index contributed by atoms with van der Waals surface area (Å²) in [5, 5.41) is 8.09. The number of ether oxygens (including phenoxy) is 1. The lowest BCUT2D eigenvalue weighted by atomic mass is 10.1. The third-order valence-corrected chi connectivity index (χ3v) is 3.79. The molecular formula is C19H24ClF2N3O. The number of nitrogens with zero attached hydrogens (tertiary/aromatic N) is 1. The monoisotopic (exact) mass is 383 g/mol. The molecule has 1 aromatic carbocycles. The smallest absolute Gasteiger partial charge is 0.387 e. The lowest BCUT2D eigenvalue weighted by Gasteiger charge is -2.10. The highest BCUT2D eigenvalue weighted by molar-refractivity contribution is 6.29. The molecule has 1 aromatic heterocycles. The predicted molar refractivity (Wildman–Crippen MR) is 103 cm³/mol. The minimum Gasteiger partial charge on any atom is -0.434 e. The second kappa shape index (κ2) is 10.7. The lowest BCUT2D eigenvalue weighted by molar-refractivity contribution is -0.0504. The predicted octanol–water partition coefficient (Wildman–Crippen LogP) is 5.64. The molecule has 1 heterocycles. The molecule has 0 aliphatic heterocycles. The van der Waals surface area contributed by atoms with E-state index < -0.39 is 6.61 Å². The van der Waals surface area contributed by atoms with Crippen LogP contribution < -0.4 is 10.5 Å². The number of hydrogen-bond acceptors (Lipinski definition) is 4. The number of nitrogens with two attached hydrogens (primary N) is 1. The van der Waals surface area contributed by atoms with Crippen molar-refractivity contribution in [1.82, 2.24) is 4.98 Å². The van der Waals surface area contributed by atoms with Crippen molar-refractivity contribution in [2.45, 2.75) is 46.6 Å². The van der Waals surface area contributed by atoms with Crippen LogP contribution in [0.4, 0.5) is 14.5 Å². The molecule has 0 saturated heterocycles. The highest BCUT2D eigenvalue weighted by Crippen LogP contribution is 2.24. The van der Waals surface area contributed by atoms with Crippen LogP contribution in [0.1, 0.15) is 43.4 Å². The Morgan fingerprint density at radius 2 is 2.00 bits per heavy atom. The van der Waals surface area contributed by atoms with Gasteiger partial charge in [0.25, 0.3) is 0 Å². The fourth-order valence-electron chi connectivity index (χ4n) is 2.28. The van der Waals surface area contributed by atoms with Crippen molar-refractivity contribution in [2.75, 3.05) is 5.73 Å². The first kappa shape index (κ1) is 21.8. The summed E-state index contributed by atoms with van der Waals surface area (Å²) < 4.78 is 28.4. The van der Waals surface area contributed by atoms with E-state index in [1.807, 2.05) is 20.8 Å². The number of hydrogen-bond donors (Lipinski definition) is 2. The van der Waals surface area contributed by atoms with Crippen LogP contribution in [0, 0.1) is 12.3 Å². The van der Waals surface area contributed by atoms with Crippen molar-refractivity contribution >= 4 is 23.0 Å². The van der Waals surface area contributed by atoms with Crippen LogP contribution in [-0.4, -0.2) is 17.3 Å². The van der Waals surface area contributed by atoms with Gasteiger partial charge in [-0.15, -0.1) is 0 Å². The van der Waals surface area contributed by atoms with E-state index in [2.05, 4.69) is 9.72 Å². The maximum atomic E-state index is 12.0. The standard InChI is InChI=1S/C10H13F2NO.C9H11ClN2/c1-2-3-7-4-5-8(13)6-9(7)14-10(11)12;1-3-8(11)7-5-12-9(10)4-6(7)2/h4-6,10H,2-3,13H2,1H3;4-5,11H,3H2,1-2H3. The van der Waals surface area contributed by atoms with E-state index in [4.69, 9.17) is 22.7 Å². The fraction of sp³-hybridized carbons (Fsp3) is 0.368. The topological polar surface area (TPSA) is 72.0 Å². The van der Waals surface area contributed by atoms with Gasteiger partial charge < -0.3 is 15.9 Å². The molecule has 26 heavy (non-hydrogen) atoms. The van der Waals surface area contributed by atoms with Crippen molar-refractivity contribution in [3.8, 4) is 5.75 Å². The normalized spacial score (nSPS) is 10.3. The third-order valence-electron chi connectivity index (χ3n) is 3.58. The molecule has 7 heteroatoms. The van der Waals surface area contributed by atoms with Crippen molar-refractivity contribution in [3.63, 3.8) is 0 Å². The maximum absolute atomic E-state index is 12.0. The first-order chi connectivity index (χ1) is 12.3. The van der Waals surface area contributed by atoms with Gasteiger partial charge in [-0.05, 0) is 43.0 Å². The zero-order chi connectivity index (χ0) is 19.7. The van der Waals surface area contributed by atoms with Crippen LogP contribution in [-0.2, 0) is 6.42 Å². The Balaban J connectivity index is 0.000000263. The first-order valence-corrected chi connectivity index (χ1v) is 8.69. The SMILES string of the molecule is CCC(=N)c1cnc(Cl)cc1C.CCCc1ccc(N)cc1OC(F)F. The fourth-order valence-corrected chi connectivity index (χ4v) is 2.49. The largest absolute Gasteiger partial charge is 0.434 e. The Kier molecular flexibility index (Phi) is 8.99. The third kappa shape index (κ3) is 6.96. The molecule has 142 valence electrons. The van der Waals surface area contributed by atoms with Gasteiger partial charge in [-0.1, -0.05) is 37.9 Å². The number of benzene rings is 1. The Bertz CT molecular complexity index is 739. The Morgan fingerprint density at radius 1 is 1.31 bits per heavy atom. The molecule has 0 spiro atoms. The van der Waals surface area contributed by atoms with Gasteiger partial charge in [0.15, 0.2) is 0 Å². The molecule has 2 rings (SSSR count). The van der Waals surface area contributed by atoms with E-state index in [0.29, 0.717) is 23.0 Å². The molecule has 0 atom stereocenters. The lowest BCUT2D eigenvalue weighted by Crippen LogP contribution is -2.05. The van der Waals surface area contributed by atoms with E-state index in [9.17, 15) is 8.78 Å². The number of rotatable bonds is 6. The van der Waals surface area contributed by atoms with Gasteiger partial charge in [0.05, 0.1) is 0 Å². The number of aryl methyl sites for hydroxylation is 2. The molecule has 0 saturated carbocycles. The summed E-state index contributed by atoms with van der Waals surface area (Å²) in [6, 6.07) is 6.61. The number of nitrogen functional groups attached to an aromatic ring is 1. The van der Waals surface area contributed by atoms with Crippen LogP contribution in [0.3, 0.4) is 0 Å². The van der Waals surface area contributed by atoms with Gasteiger partial charge in [0.2, 0.25) is 0 Å². The Hall–Kier alpha value is -2.21. The second-order valence-electron chi connectivity index (χ2n) is 5.65. The summed E-state index contributed by atoms with van der Waals surface area (Å²) in [5.41, 5.74) is 9.19. The molecular weight excluding hydrogens is 360 g/mol. The van der Waals surface area contributed by atoms with E-state index in [0.717, 1.165) is 29.5 Å². The number of halogens is 3. The number of pyridine rings is 1. The van der Waals surface area contributed by atoms with Crippen LogP contribution >= 0.6 is 11.6 Å². The molecule has 3 N–H and O–H groups in total. The average Bonchev–Trinajstić information content (AvgIpc) is 2.57. The molecule has 0 unspecified atom stereocenters. The summed E-state index contributed by atoms with van der Waals surface area (Å²) in [5.74, 6) is 0.182. The van der Waals surface area contributed by atoms with Crippen molar-refractivity contribution in [1.29, 1.82) is 5.41 Å². The van der Waals surface area contributed by atoms with Crippen LogP contribution in [0.5, 0.6) is 5.75 Å². The second-order valence-corrected chi connectivity index (χ2v) is 6.04. The quantitative estimate of drug-likeness (QED) is 0.385. The number of alkyl halides is 2. The summed E-state index contributed by atoms with van der Waals surface area (Å²) >= 11 is 5.68.